The second-order valence-corrected chi connectivity index (χ2v) is 5.68. The monoisotopic (exact) mass is 366 g/mol. The third kappa shape index (κ3) is 4.21. The summed E-state index contributed by atoms with van der Waals surface area (Å²) in [6, 6.07) is 7.58. The Labute approximate surface area is 143 Å². The van der Waals surface area contributed by atoms with E-state index in [0.717, 1.165) is 0 Å². The van der Waals surface area contributed by atoms with Gasteiger partial charge in [-0.2, -0.15) is 18.2 Å². The summed E-state index contributed by atoms with van der Waals surface area (Å²) in [6.45, 7) is 0. The maximum atomic E-state index is 12.5. The lowest BCUT2D eigenvalue weighted by atomic mass is 10.1. The highest BCUT2D eigenvalue weighted by Crippen LogP contribution is 2.29. The van der Waals surface area contributed by atoms with Crippen LogP contribution < -0.4 is 0 Å². The lowest BCUT2D eigenvalue weighted by Crippen LogP contribution is -2.05. The van der Waals surface area contributed by atoms with Crippen LogP contribution in [0, 0.1) is 0 Å². The molecular formula is C15H9F3N4O2S. The molecule has 0 unspecified atom stereocenters. The minimum atomic E-state index is -4.70. The number of hydrogen-bond acceptors (Lipinski definition) is 7. The van der Waals surface area contributed by atoms with Crippen molar-refractivity contribution >= 4 is 17.5 Å². The van der Waals surface area contributed by atoms with Crippen molar-refractivity contribution in [3.63, 3.8) is 0 Å². The van der Waals surface area contributed by atoms with Crippen molar-refractivity contribution in [2.45, 2.75) is 11.3 Å². The molecule has 10 heteroatoms. The van der Waals surface area contributed by atoms with E-state index in [1.807, 2.05) is 0 Å². The number of ketones is 1. The number of Topliss-reactive ketones (excluding diaryl/α,β-unsaturated/α-hetero) is 1. The molecular weight excluding hydrogens is 357 g/mol. The van der Waals surface area contributed by atoms with Crippen LogP contribution in [0.5, 0.6) is 0 Å². The van der Waals surface area contributed by atoms with E-state index in [2.05, 4.69) is 24.6 Å². The van der Waals surface area contributed by atoms with Crippen LogP contribution in [-0.4, -0.2) is 31.6 Å². The fraction of sp³-hybridized carbons (Fsp3) is 0.133. The summed E-state index contributed by atoms with van der Waals surface area (Å²) in [6.07, 6.45) is -1.54. The summed E-state index contributed by atoms with van der Waals surface area (Å²) in [7, 11) is 0. The molecule has 2 aromatic heterocycles. The Morgan fingerprint density at radius 2 is 1.80 bits per heavy atom. The van der Waals surface area contributed by atoms with Crippen molar-refractivity contribution in [3.8, 4) is 11.4 Å². The number of aromatic nitrogens is 4. The second kappa shape index (κ2) is 7.01. The first kappa shape index (κ1) is 17.1. The standard InChI is InChI=1S/C15H9F3N4O2S/c16-15(17,18)13-21-12(22-24-13)10-4-2-9(3-5-10)11(23)8-25-14-19-6-1-7-20-14/h1-7H,8H2. The second-order valence-electron chi connectivity index (χ2n) is 4.74. The van der Waals surface area contributed by atoms with Crippen molar-refractivity contribution in [3.05, 3.63) is 54.2 Å². The van der Waals surface area contributed by atoms with E-state index in [4.69, 9.17) is 0 Å². The lowest BCUT2D eigenvalue weighted by molar-refractivity contribution is -0.159. The molecule has 2 heterocycles. The summed E-state index contributed by atoms with van der Waals surface area (Å²) in [5.41, 5.74) is 0.724. The zero-order valence-corrected chi connectivity index (χ0v) is 13.2. The number of alkyl halides is 3. The predicted molar refractivity (Wildman–Crippen MR) is 81.8 cm³/mol. The van der Waals surface area contributed by atoms with Crippen molar-refractivity contribution in [2.24, 2.45) is 0 Å². The zero-order valence-electron chi connectivity index (χ0n) is 12.4. The smallest absolute Gasteiger partial charge is 0.329 e. The van der Waals surface area contributed by atoms with Gasteiger partial charge in [0, 0.05) is 23.5 Å². The van der Waals surface area contributed by atoms with Crippen molar-refractivity contribution in [1.82, 2.24) is 20.1 Å². The summed E-state index contributed by atoms with van der Waals surface area (Å²) >= 11 is 1.19. The Balaban J connectivity index is 1.67. The van der Waals surface area contributed by atoms with E-state index in [1.165, 1.54) is 36.0 Å². The molecule has 128 valence electrons. The van der Waals surface area contributed by atoms with Gasteiger partial charge in [-0.3, -0.25) is 4.79 Å². The van der Waals surface area contributed by atoms with Crippen molar-refractivity contribution < 1.29 is 22.5 Å². The third-order valence-electron chi connectivity index (χ3n) is 3.01. The maximum absolute atomic E-state index is 12.5. The Morgan fingerprint density at radius 3 is 2.40 bits per heavy atom. The van der Waals surface area contributed by atoms with Crippen LogP contribution in [0.25, 0.3) is 11.4 Å². The van der Waals surface area contributed by atoms with E-state index in [1.54, 1.807) is 18.5 Å². The molecule has 0 saturated heterocycles. The fourth-order valence-electron chi connectivity index (χ4n) is 1.83. The molecule has 6 nitrogen and oxygen atoms in total. The normalized spacial score (nSPS) is 11.5. The number of halogens is 3. The van der Waals surface area contributed by atoms with Crippen LogP contribution in [-0.2, 0) is 6.18 Å². The van der Waals surface area contributed by atoms with Crippen LogP contribution in [0.15, 0.2) is 52.4 Å². The number of hydrogen-bond donors (Lipinski definition) is 0. The van der Waals surface area contributed by atoms with E-state index in [-0.39, 0.29) is 17.4 Å². The molecule has 0 amide bonds. The predicted octanol–water partition coefficient (Wildman–Crippen LogP) is 3.52. The number of benzene rings is 1. The van der Waals surface area contributed by atoms with Gasteiger partial charge in [0.05, 0.1) is 5.75 Å². The molecule has 0 spiro atoms. The molecule has 3 rings (SSSR count). The number of nitrogens with zero attached hydrogens (tertiary/aromatic N) is 4. The van der Waals surface area contributed by atoms with Gasteiger partial charge in [-0.25, -0.2) is 9.97 Å². The summed E-state index contributed by atoms with van der Waals surface area (Å²) in [5, 5.41) is 3.78. The van der Waals surface area contributed by atoms with E-state index < -0.39 is 12.1 Å². The van der Waals surface area contributed by atoms with Gasteiger partial charge < -0.3 is 4.52 Å². The lowest BCUT2D eigenvalue weighted by Gasteiger charge is -2.01. The van der Waals surface area contributed by atoms with Crippen molar-refractivity contribution in [2.75, 3.05) is 5.75 Å². The van der Waals surface area contributed by atoms with Crippen LogP contribution in [0.3, 0.4) is 0 Å². The number of rotatable bonds is 5. The van der Waals surface area contributed by atoms with E-state index in [0.29, 0.717) is 16.3 Å². The highest BCUT2D eigenvalue weighted by molar-refractivity contribution is 7.99. The molecule has 0 bridgehead atoms. The molecule has 0 fully saturated rings. The van der Waals surface area contributed by atoms with Crippen LogP contribution in [0.2, 0.25) is 0 Å². The molecule has 1 aromatic carbocycles. The van der Waals surface area contributed by atoms with Gasteiger partial charge in [0.15, 0.2) is 10.9 Å². The highest BCUT2D eigenvalue weighted by Gasteiger charge is 2.38. The maximum Gasteiger partial charge on any atom is 0.471 e. The Hall–Kier alpha value is -2.75. The molecule has 0 saturated carbocycles. The molecule has 0 atom stereocenters. The van der Waals surface area contributed by atoms with Gasteiger partial charge in [0.25, 0.3) is 0 Å². The van der Waals surface area contributed by atoms with Gasteiger partial charge in [-0.1, -0.05) is 41.2 Å². The minimum Gasteiger partial charge on any atom is -0.329 e. The van der Waals surface area contributed by atoms with E-state index in [9.17, 15) is 18.0 Å². The zero-order chi connectivity index (χ0) is 17.9. The number of thioether (sulfide) groups is 1. The molecule has 0 radical (unpaired) electrons. The number of carbonyl (C=O) groups excluding carboxylic acids is 1. The summed E-state index contributed by atoms with van der Waals surface area (Å²) in [5.74, 6) is -1.63. The topological polar surface area (TPSA) is 81.8 Å². The first-order valence-corrected chi connectivity index (χ1v) is 7.86. The van der Waals surface area contributed by atoms with Gasteiger partial charge in [-0.15, -0.1) is 0 Å². The SMILES string of the molecule is O=C(CSc1ncccn1)c1ccc(-c2noc(C(F)(F)F)n2)cc1. The molecule has 25 heavy (non-hydrogen) atoms. The summed E-state index contributed by atoms with van der Waals surface area (Å²) in [4.78, 5) is 23.4. The third-order valence-corrected chi connectivity index (χ3v) is 3.88. The van der Waals surface area contributed by atoms with Crippen LogP contribution in [0.4, 0.5) is 13.2 Å². The number of carbonyl (C=O) groups is 1. The average Bonchev–Trinajstić information content (AvgIpc) is 3.11. The molecule has 0 aliphatic rings. The van der Waals surface area contributed by atoms with Crippen molar-refractivity contribution in [1.29, 1.82) is 0 Å². The molecule has 0 aliphatic carbocycles. The van der Waals surface area contributed by atoms with Crippen LogP contribution >= 0.6 is 11.8 Å². The highest BCUT2D eigenvalue weighted by atomic mass is 32.2. The minimum absolute atomic E-state index is 0.143. The van der Waals surface area contributed by atoms with Gasteiger partial charge in [-0.05, 0) is 6.07 Å². The quantitative estimate of drug-likeness (QED) is 0.388. The van der Waals surface area contributed by atoms with E-state index >= 15 is 0 Å². The Morgan fingerprint density at radius 1 is 1.12 bits per heavy atom. The Kier molecular flexibility index (Phi) is 4.79. The molecule has 0 aliphatic heterocycles. The van der Waals surface area contributed by atoms with Gasteiger partial charge >= 0.3 is 12.1 Å². The largest absolute Gasteiger partial charge is 0.471 e. The fourth-order valence-corrected chi connectivity index (χ4v) is 2.53. The Bertz CT molecular complexity index is 866. The molecule has 0 N–H and O–H groups in total. The van der Waals surface area contributed by atoms with Gasteiger partial charge in [0.2, 0.25) is 5.82 Å². The van der Waals surface area contributed by atoms with Crippen LogP contribution in [0.1, 0.15) is 16.2 Å². The average molecular weight is 366 g/mol. The van der Waals surface area contributed by atoms with Gasteiger partial charge in [0.1, 0.15) is 0 Å². The molecule has 3 aromatic rings. The first-order chi connectivity index (χ1) is 11.9. The first-order valence-electron chi connectivity index (χ1n) is 6.88. The summed E-state index contributed by atoms with van der Waals surface area (Å²) < 4.78 is 41.6.